The Balaban J connectivity index is 1.68. The second kappa shape index (κ2) is 7.44. The predicted octanol–water partition coefficient (Wildman–Crippen LogP) is 3.19. The van der Waals surface area contributed by atoms with E-state index >= 15 is 0 Å². The lowest BCUT2D eigenvalue weighted by Gasteiger charge is -2.08. The fourth-order valence-corrected chi connectivity index (χ4v) is 2.29. The van der Waals surface area contributed by atoms with E-state index in [4.69, 9.17) is 9.52 Å². The molecule has 3 aromatic rings. The standard InChI is InChI=1S/C19H14N2O6/c22-15-8-7-13(10-14(15)19(25)26)21-17(23)11-3-5-12(6-4-11)20-18(24)16-2-1-9-27-16/h1-10,22H,(H,20,24)(H,21,23)(H,25,26). The lowest BCUT2D eigenvalue weighted by molar-refractivity contribution is 0.0693. The van der Waals surface area contributed by atoms with Gasteiger partial charge in [0.05, 0.1) is 6.26 Å². The number of furan rings is 1. The van der Waals surface area contributed by atoms with Gasteiger partial charge in [0.15, 0.2) is 5.76 Å². The predicted molar refractivity (Wildman–Crippen MR) is 96.1 cm³/mol. The van der Waals surface area contributed by atoms with Crippen LogP contribution in [-0.4, -0.2) is 28.0 Å². The van der Waals surface area contributed by atoms with Crippen LogP contribution in [0.3, 0.4) is 0 Å². The first-order chi connectivity index (χ1) is 12.9. The molecule has 4 N–H and O–H groups in total. The van der Waals surface area contributed by atoms with Crippen molar-refractivity contribution >= 4 is 29.2 Å². The first-order valence-electron chi connectivity index (χ1n) is 7.76. The molecule has 1 heterocycles. The van der Waals surface area contributed by atoms with Crippen molar-refractivity contribution in [2.24, 2.45) is 0 Å². The molecular formula is C19H14N2O6. The van der Waals surface area contributed by atoms with Crippen LogP contribution in [0.25, 0.3) is 0 Å². The maximum atomic E-state index is 12.3. The van der Waals surface area contributed by atoms with E-state index in [9.17, 15) is 19.5 Å². The largest absolute Gasteiger partial charge is 0.507 e. The quantitative estimate of drug-likeness (QED) is 0.513. The number of rotatable bonds is 5. The Kier molecular flexibility index (Phi) is 4.89. The Morgan fingerprint density at radius 2 is 1.52 bits per heavy atom. The van der Waals surface area contributed by atoms with Crippen LogP contribution in [-0.2, 0) is 0 Å². The van der Waals surface area contributed by atoms with Crippen LogP contribution >= 0.6 is 0 Å². The summed E-state index contributed by atoms with van der Waals surface area (Å²) in [7, 11) is 0. The van der Waals surface area contributed by atoms with Crippen LogP contribution in [0, 0.1) is 0 Å². The normalized spacial score (nSPS) is 10.2. The van der Waals surface area contributed by atoms with Crippen LogP contribution in [0.15, 0.2) is 65.3 Å². The van der Waals surface area contributed by atoms with Crippen LogP contribution in [0.5, 0.6) is 5.75 Å². The third-order valence-corrected chi connectivity index (χ3v) is 3.63. The molecule has 0 aliphatic rings. The molecule has 136 valence electrons. The van der Waals surface area contributed by atoms with Gasteiger partial charge in [-0.15, -0.1) is 0 Å². The molecule has 8 heteroatoms. The van der Waals surface area contributed by atoms with Gasteiger partial charge in [0.25, 0.3) is 11.8 Å². The first-order valence-corrected chi connectivity index (χ1v) is 7.76. The maximum absolute atomic E-state index is 12.3. The minimum absolute atomic E-state index is 0.165. The Bertz CT molecular complexity index is 994. The van der Waals surface area contributed by atoms with Gasteiger partial charge < -0.3 is 25.3 Å². The Labute approximate surface area is 153 Å². The Morgan fingerprint density at radius 1 is 0.852 bits per heavy atom. The molecule has 3 rings (SSSR count). The fourth-order valence-electron chi connectivity index (χ4n) is 2.29. The molecule has 2 amide bonds. The Hall–Kier alpha value is -4.07. The topological polar surface area (TPSA) is 129 Å². The number of carboxylic acid groups (broad SMARTS) is 1. The van der Waals surface area contributed by atoms with Crippen LogP contribution in [0.2, 0.25) is 0 Å². The molecule has 0 saturated heterocycles. The number of hydrogen-bond donors (Lipinski definition) is 4. The van der Waals surface area contributed by atoms with Crippen molar-refractivity contribution in [2.75, 3.05) is 10.6 Å². The number of anilines is 2. The SMILES string of the molecule is O=C(Nc1ccc(O)c(C(=O)O)c1)c1ccc(NC(=O)c2ccco2)cc1. The van der Waals surface area contributed by atoms with E-state index in [-0.39, 0.29) is 17.0 Å². The van der Waals surface area contributed by atoms with Gasteiger partial charge in [-0.3, -0.25) is 9.59 Å². The number of hydrogen-bond acceptors (Lipinski definition) is 5. The zero-order chi connectivity index (χ0) is 19.4. The highest BCUT2D eigenvalue weighted by atomic mass is 16.4. The molecular weight excluding hydrogens is 352 g/mol. The smallest absolute Gasteiger partial charge is 0.339 e. The fraction of sp³-hybridized carbons (Fsp3) is 0. The molecule has 0 spiro atoms. The Morgan fingerprint density at radius 3 is 2.15 bits per heavy atom. The number of nitrogens with one attached hydrogen (secondary N) is 2. The zero-order valence-electron chi connectivity index (χ0n) is 13.8. The molecule has 0 saturated carbocycles. The van der Waals surface area contributed by atoms with Crippen molar-refractivity contribution in [3.05, 3.63) is 77.7 Å². The number of carboxylic acids is 1. The van der Waals surface area contributed by atoms with Crippen molar-refractivity contribution < 1.29 is 29.0 Å². The van der Waals surface area contributed by atoms with Gasteiger partial charge in [-0.1, -0.05) is 0 Å². The van der Waals surface area contributed by atoms with E-state index in [1.807, 2.05) is 0 Å². The molecule has 0 radical (unpaired) electrons. The zero-order valence-corrected chi connectivity index (χ0v) is 13.8. The molecule has 0 aliphatic carbocycles. The van der Waals surface area contributed by atoms with Gasteiger partial charge in [-0.2, -0.15) is 0 Å². The molecule has 0 aliphatic heterocycles. The van der Waals surface area contributed by atoms with E-state index in [1.165, 1.54) is 36.6 Å². The van der Waals surface area contributed by atoms with Crippen LogP contribution < -0.4 is 10.6 Å². The lowest BCUT2D eigenvalue weighted by Crippen LogP contribution is -2.13. The highest BCUT2D eigenvalue weighted by Gasteiger charge is 2.13. The molecule has 0 fully saturated rings. The lowest BCUT2D eigenvalue weighted by atomic mass is 10.1. The third-order valence-electron chi connectivity index (χ3n) is 3.63. The van der Waals surface area contributed by atoms with Gasteiger partial charge in [0.1, 0.15) is 11.3 Å². The minimum Gasteiger partial charge on any atom is -0.507 e. The van der Waals surface area contributed by atoms with Gasteiger partial charge in [-0.05, 0) is 54.6 Å². The van der Waals surface area contributed by atoms with Crippen molar-refractivity contribution in [1.29, 1.82) is 0 Å². The molecule has 8 nitrogen and oxygen atoms in total. The van der Waals surface area contributed by atoms with Gasteiger partial charge in [-0.25, -0.2) is 4.79 Å². The number of carbonyl (C=O) groups is 3. The van der Waals surface area contributed by atoms with E-state index in [0.29, 0.717) is 11.3 Å². The summed E-state index contributed by atoms with van der Waals surface area (Å²) in [5.41, 5.74) is 0.691. The third kappa shape index (κ3) is 4.13. The van der Waals surface area contributed by atoms with Gasteiger partial charge >= 0.3 is 5.97 Å². The average molecular weight is 366 g/mol. The highest BCUT2D eigenvalue weighted by Crippen LogP contribution is 2.22. The van der Waals surface area contributed by atoms with E-state index < -0.39 is 23.5 Å². The second-order valence-electron chi connectivity index (χ2n) is 5.50. The van der Waals surface area contributed by atoms with E-state index in [1.54, 1.807) is 18.2 Å². The van der Waals surface area contributed by atoms with E-state index in [0.717, 1.165) is 6.07 Å². The summed E-state index contributed by atoms with van der Waals surface area (Å²) in [5.74, 6) is -2.42. The number of benzene rings is 2. The molecule has 27 heavy (non-hydrogen) atoms. The maximum Gasteiger partial charge on any atom is 0.339 e. The molecule has 0 unspecified atom stereocenters. The average Bonchev–Trinajstić information content (AvgIpc) is 3.18. The van der Waals surface area contributed by atoms with Crippen LogP contribution in [0.4, 0.5) is 11.4 Å². The van der Waals surface area contributed by atoms with Gasteiger partial charge in [0.2, 0.25) is 0 Å². The van der Waals surface area contributed by atoms with Crippen molar-refractivity contribution in [3.8, 4) is 5.75 Å². The summed E-state index contributed by atoms with van der Waals surface area (Å²) in [6.07, 6.45) is 1.39. The molecule has 2 aromatic carbocycles. The summed E-state index contributed by atoms with van der Waals surface area (Å²) >= 11 is 0. The van der Waals surface area contributed by atoms with E-state index in [2.05, 4.69) is 10.6 Å². The van der Waals surface area contributed by atoms with Gasteiger partial charge in [0, 0.05) is 16.9 Å². The second-order valence-corrected chi connectivity index (χ2v) is 5.50. The molecule has 1 aromatic heterocycles. The monoisotopic (exact) mass is 366 g/mol. The number of aromatic hydroxyl groups is 1. The number of carbonyl (C=O) groups excluding carboxylic acids is 2. The number of amides is 2. The molecule has 0 bridgehead atoms. The van der Waals surface area contributed by atoms with Crippen molar-refractivity contribution in [1.82, 2.24) is 0 Å². The van der Waals surface area contributed by atoms with Crippen LogP contribution in [0.1, 0.15) is 31.3 Å². The first kappa shape index (κ1) is 17.7. The summed E-state index contributed by atoms with van der Waals surface area (Å²) in [6.45, 7) is 0. The summed E-state index contributed by atoms with van der Waals surface area (Å²) in [5, 5.41) is 23.7. The summed E-state index contributed by atoms with van der Waals surface area (Å²) in [4.78, 5) is 35.2. The van der Waals surface area contributed by atoms with Crippen molar-refractivity contribution in [2.45, 2.75) is 0 Å². The minimum atomic E-state index is -1.31. The van der Waals surface area contributed by atoms with Crippen molar-refractivity contribution in [3.63, 3.8) is 0 Å². The summed E-state index contributed by atoms with van der Waals surface area (Å²) in [6, 6.07) is 13.0. The highest BCUT2D eigenvalue weighted by molar-refractivity contribution is 6.06. The molecule has 0 atom stereocenters. The summed E-state index contributed by atoms with van der Waals surface area (Å²) < 4.78 is 4.99. The number of phenols is 1. The number of aromatic carboxylic acids is 1.